The van der Waals surface area contributed by atoms with Gasteiger partial charge in [-0.3, -0.25) is 0 Å². The number of hydrogen-bond donors (Lipinski definition) is 1. The molecule has 2 aromatic carbocycles. The Hall–Kier alpha value is -0.990. The van der Waals surface area contributed by atoms with E-state index < -0.39 is 0 Å². The van der Waals surface area contributed by atoms with E-state index in [0.29, 0.717) is 6.04 Å². The van der Waals surface area contributed by atoms with E-state index in [2.05, 4.69) is 66.5 Å². The highest BCUT2D eigenvalue weighted by molar-refractivity contribution is 7.99. The number of nitrogens with one attached hydrogen (secondary N) is 1. The van der Waals surface area contributed by atoms with Crippen LogP contribution in [0.5, 0.6) is 0 Å². The number of thioether (sulfide) groups is 1. The Morgan fingerprint density at radius 1 is 1.21 bits per heavy atom. The first-order valence-electron chi connectivity index (χ1n) is 7.19. The summed E-state index contributed by atoms with van der Waals surface area (Å²) in [7, 11) is 0. The van der Waals surface area contributed by atoms with E-state index in [1.54, 1.807) is 0 Å². The summed E-state index contributed by atoms with van der Waals surface area (Å²) >= 11 is 2.10. The predicted octanol–water partition coefficient (Wildman–Crippen LogP) is 4.24. The summed E-state index contributed by atoms with van der Waals surface area (Å²) in [5, 5.41) is 6.48. The smallest absolute Gasteiger partial charge is 0.0362 e. The van der Waals surface area contributed by atoms with Crippen LogP contribution in [-0.2, 0) is 0 Å². The lowest BCUT2D eigenvalue weighted by Gasteiger charge is -2.25. The van der Waals surface area contributed by atoms with Crippen molar-refractivity contribution in [1.29, 1.82) is 0 Å². The zero-order valence-corrected chi connectivity index (χ0v) is 12.2. The third-order valence-electron chi connectivity index (χ3n) is 4.02. The molecule has 2 atom stereocenters. The normalized spacial score (nSPS) is 20.8. The van der Waals surface area contributed by atoms with Crippen molar-refractivity contribution in [3.63, 3.8) is 0 Å². The lowest BCUT2D eigenvalue weighted by atomic mass is 9.89. The van der Waals surface area contributed by atoms with Crippen LogP contribution in [0.2, 0.25) is 0 Å². The molecule has 1 nitrogen and oxygen atoms in total. The van der Waals surface area contributed by atoms with Gasteiger partial charge in [0.05, 0.1) is 0 Å². The van der Waals surface area contributed by atoms with Gasteiger partial charge < -0.3 is 5.32 Å². The van der Waals surface area contributed by atoms with E-state index in [1.807, 2.05) is 0 Å². The zero-order chi connectivity index (χ0) is 13.1. The van der Waals surface area contributed by atoms with Crippen LogP contribution in [-0.4, -0.2) is 18.1 Å². The van der Waals surface area contributed by atoms with Gasteiger partial charge in [0.1, 0.15) is 0 Å². The molecule has 1 aliphatic heterocycles. The molecule has 1 fully saturated rings. The van der Waals surface area contributed by atoms with Crippen LogP contribution in [0.1, 0.15) is 24.9 Å². The Labute approximate surface area is 119 Å². The van der Waals surface area contributed by atoms with E-state index >= 15 is 0 Å². The van der Waals surface area contributed by atoms with Crippen LogP contribution in [0.4, 0.5) is 0 Å². The minimum absolute atomic E-state index is 0.506. The minimum Gasteiger partial charge on any atom is -0.310 e. The van der Waals surface area contributed by atoms with Crippen molar-refractivity contribution in [1.82, 2.24) is 5.32 Å². The first kappa shape index (κ1) is 13.0. The molecule has 2 heteroatoms. The molecule has 0 bridgehead atoms. The van der Waals surface area contributed by atoms with E-state index in [1.165, 1.54) is 34.3 Å². The topological polar surface area (TPSA) is 12.0 Å². The fraction of sp³-hybridized carbons (Fsp3) is 0.412. The highest BCUT2D eigenvalue weighted by Gasteiger charge is 2.26. The fourth-order valence-electron chi connectivity index (χ4n) is 3.09. The molecule has 1 saturated heterocycles. The van der Waals surface area contributed by atoms with Crippen LogP contribution in [0, 0.1) is 5.92 Å². The number of fused-ring (bicyclic) bond motifs is 1. The number of rotatable bonds is 4. The molecule has 1 heterocycles. The minimum atomic E-state index is 0.506. The molecule has 3 rings (SSSR count). The first-order valence-corrected chi connectivity index (χ1v) is 8.34. The first-order chi connectivity index (χ1) is 9.40. The Bertz CT molecular complexity index is 540. The summed E-state index contributed by atoms with van der Waals surface area (Å²) in [6, 6.07) is 16.0. The zero-order valence-electron chi connectivity index (χ0n) is 11.4. The largest absolute Gasteiger partial charge is 0.310 e. The molecular weight excluding hydrogens is 250 g/mol. The second-order valence-electron chi connectivity index (χ2n) is 5.23. The Morgan fingerprint density at radius 2 is 2.05 bits per heavy atom. The maximum atomic E-state index is 3.72. The van der Waals surface area contributed by atoms with Crippen molar-refractivity contribution in [3.05, 3.63) is 48.0 Å². The highest BCUT2D eigenvalue weighted by atomic mass is 32.2. The van der Waals surface area contributed by atoms with E-state index in [4.69, 9.17) is 0 Å². The predicted molar refractivity (Wildman–Crippen MR) is 85.8 cm³/mol. The lowest BCUT2D eigenvalue weighted by molar-refractivity contribution is 0.403. The van der Waals surface area contributed by atoms with Gasteiger partial charge in [-0.15, -0.1) is 0 Å². The third-order valence-corrected chi connectivity index (χ3v) is 5.21. The van der Waals surface area contributed by atoms with Crippen LogP contribution in [0.3, 0.4) is 0 Å². The van der Waals surface area contributed by atoms with Gasteiger partial charge in [-0.2, -0.15) is 11.8 Å². The van der Waals surface area contributed by atoms with Crippen molar-refractivity contribution >= 4 is 22.5 Å². The Balaban J connectivity index is 2.03. The molecule has 100 valence electrons. The quantitative estimate of drug-likeness (QED) is 0.892. The lowest BCUT2D eigenvalue weighted by Crippen LogP contribution is -2.28. The van der Waals surface area contributed by atoms with Crippen LogP contribution in [0.15, 0.2) is 42.5 Å². The summed E-state index contributed by atoms with van der Waals surface area (Å²) in [6.45, 7) is 3.25. The molecule has 0 amide bonds. The van der Waals surface area contributed by atoms with Gasteiger partial charge in [-0.1, -0.05) is 49.4 Å². The summed E-state index contributed by atoms with van der Waals surface area (Å²) in [5.74, 6) is 3.38. The maximum absolute atomic E-state index is 3.72. The van der Waals surface area contributed by atoms with Gasteiger partial charge in [0, 0.05) is 6.04 Å². The molecule has 2 unspecified atom stereocenters. The fourth-order valence-corrected chi connectivity index (χ4v) is 4.39. The van der Waals surface area contributed by atoms with Crippen LogP contribution < -0.4 is 5.32 Å². The molecule has 19 heavy (non-hydrogen) atoms. The maximum Gasteiger partial charge on any atom is 0.0362 e. The van der Waals surface area contributed by atoms with Gasteiger partial charge in [0.25, 0.3) is 0 Å². The summed E-state index contributed by atoms with van der Waals surface area (Å²) in [5.41, 5.74) is 1.48. The monoisotopic (exact) mass is 271 g/mol. The molecule has 1 N–H and O–H groups in total. The van der Waals surface area contributed by atoms with E-state index in [9.17, 15) is 0 Å². The third kappa shape index (κ3) is 2.65. The molecule has 0 aliphatic carbocycles. The molecule has 1 aliphatic rings. The molecule has 0 saturated carbocycles. The molecule has 0 aromatic heterocycles. The Morgan fingerprint density at radius 3 is 2.84 bits per heavy atom. The van der Waals surface area contributed by atoms with Crippen LogP contribution in [0.25, 0.3) is 10.8 Å². The van der Waals surface area contributed by atoms with Crippen molar-refractivity contribution < 1.29 is 0 Å². The molecule has 0 spiro atoms. The second kappa shape index (κ2) is 5.98. The number of hydrogen-bond acceptors (Lipinski definition) is 2. The standard InChI is InChI=1S/C17H21NS/c1-2-18-17(14-10-11-19-12-14)16-9-5-7-13-6-3-4-8-15(13)16/h3-9,14,17-18H,2,10-12H2,1H3. The second-order valence-corrected chi connectivity index (χ2v) is 6.38. The van der Waals surface area contributed by atoms with Crippen LogP contribution >= 0.6 is 11.8 Å². The average Bonchev–Trinajstić information content (AvgIpc) is 2.98. The van der Waals surface area contributed by atoms with E-state index in [0.717, 1.165) is 12.5 Å². The molecule has 0 radical (unpaired) electrons. The van der Waals surface area contributed by atoms with Crippen molar-refractivity contribution in [3.8, 4) is 0 Å². The average molecular weight is 271 g/mol. The Kier molecular flexibility index (Phi) is 4.09. The number of benzene rings is 2. The van der Waals surface area contributed by atoms with Gasteiger partial charge in [0.2, 0.25) is 0 Å². The van der Waals surface area contributed by atoms with Gasteiger partial charge in [-0.25, -0.2) is 0 Å². The molecular formula is C17H21NS. The highest BCUT2D eigenvalue weighted by Crippen LogP contribution is 2.36. The van der Waals surface area contributed by atoms with Gasteiger partial charge >= 0.3 is 0 Å². The SMILES string of the molecule is CCNC(c1cccc2ccccc12)C1CCSC1. The summed E-state index contributed by atoms with van der Waals surface area (Å²) in [6.07, 6.45) is 1.34. The van der Waals surface area contributed by atoms with Crippen molar-refractivity contribution in [2.45, 2.75) is 19.4 Å². The van der Waals surface area contributed by atoms with E-state index in [-0.39, 0.29) is 0 Å². The van der Waals surface area contributed by atoms with Crippen molar-refractivity contribution in [2.24, 2.45) is 5.92 Å². The van der Waals surface area contributed by atoms with Gasteiger partial charge in [0.15, 0.2) is 0 Å². The summed E-state index contributed by atoms with van der Waals surface area (Å²) < 4.78 is 0. The van der Waals surface area contributed by atoms with Gasteiger partial charge in [-0.05, 0) is 46.7 Å². The molecule has 2 aromatic rings. The van der Waals surface area contributed by atoms with Crippen molar-refractivity contribution in [2.75, 3.05) is 18.1 Å². The summed E-state index contributed by atoms with van der Waals surface area (Å²) in [4.78, 5) is 0.